The topological polar surface area (TPSA) is 72.7 Å². The molecule has 3 aromatic rings. The summed E-state index contributed by atoms with van der Waals surface area (Å²) in [5.41, 5.74) is 2.13. The maximum absolute atomic E-state index is 13.1. The number of carbonyl (C=O) groups excluding carboxylic acids is 1. The predicted octanol–water partition coefficient (Wildman–Crippen LogP) is 1.99. The molecule has 0 aliphatic rings. The van der Waals surface area contributed by atoms with Crippen LogP contribution in [-0.4, -0.2) is 32.7 Å². The molecule has 2 aromatic carbocycles. The molecule has 1 heterocycles. The van der Waals surface area contributed by atoms with Crippen LogP contribution < -0.4 is 5.32 Å². The van der Waals surface area contributed by atoms with Crippen molar-refractivity contribution in [1.82, 2.24) is 25.5 Å². The minimum Gasteiger partial charge on any atom is -0.352 e. The second kappa shape index (κ2) is 6.99. The molecule has 1 N–H and O–H groups in total. The molecule has 0 aliphatic carbocycles. The molecule has 0 fully saturated rings. The summed E-state index contributed by atoms with van der Waals surface area (Å²) in [5, 5.41) is 14.1. The molecule has 7 heteroatoms. The van der Waals surface area contributed by atoms with Crippen LogP contribution in [0.5, 0.6) is 0 Å². The van der Waals surface area contributed by atoms with Crippen molar-refractivity contribution in [1.29, 1.82) is 0 Å². The van der Waals surface area contributed by atoms with Crippen LogP contribution in [0.15, 0.2) is 48.5 Å². The summed E-state index contributed by atoms with van der Waals surface area (Å²) < 4.78 is 14.7. The van der Waals surface area contributed by atoms with Gasteiger partial charge in [0.05, 0.1) is 0 Å². The molecule has 1 amide bonds. The van der Waals surface area contributed by atoms with Crippen molar-refractivity contribution < 1.29 is 9.18 Å². The van der Waals surface area contributed by atoms with Crippen molar-refractivity contribution >= 4 is 5.91 Å². The number of aromatic nitrogens is 4. The molecule has 122 valence electrons. The highest BCUT2D eigenvalue weighted by atomic mass is 19.1. The average molecular weight is 325 g/mol. The number of tetrazole rings is 1. The van der Waals surface area contributed by atoms with Gasteiger partial charge in [-0.05, 0) is 46.7 Å². The zero-order chi connectivity index (χ0) is 16.9. The van der Waals surface area contributed by atoms with Crippen molar-refractivity contribution in [2.75, 3.05) is 6.54 Å². The van der Waals surface area contributed by atoms with Gasteiger partial charge in [0.25, 0.3) is 5.91 Å². The summed E-state index contributed by atoms with van der Waals surface area (Å²) in [6.45, 7) is 0.429. The van der Waals surface area contributed by atoms with E-state index >= 15 is 0 Å². The first-order chi connectivity index (χ1) is 11.6. The van der Waals surface area contributed by atoms with Gasteiger partial charge in [0.2, 0.25) is 0 Å². The monoisotopic (exact) mass is 325 g/mol. The summed E-state index contributed by atoms with van der Waals surface area (Å²) in [4.78, 5) is 12.3. The van der Waals surface area contributed by atoms with E-state index in [2.05, 4.69) is 20.8 Å². The molecule has 24 heavy (non-hydrogen) atoms. The van der Waals surface area contributed by atoms with Gasteiger partial charge in [-0.15, -0.1) is 5.10 Å². The van der Waals surface area contributed by atoms with Crippen LogP contribution >= 0.6 is 0 Å². The zero-order valence-electron chi connectivity index (χ0n) is 13.1. The minimum atomic E-state index is -0.274. The molecule has 0 radical (unpaired) electrons. The van der Waals surface area contributed by atoms with Crippen molar-refractivity contribution in [2.24, 2.45) is 7.05 Å². The quantitative estimate of drug-likeness (QED) is 0.778. The van der Waals surface area contributed by atoms with Crippen molar-refractivity contribution in [2.45, 2.75) is 6.42 Å². The largest absolute Gasteiger partial charge is 0.352 e. The molecule has 0 aliphatic heterocycles. The lowest BCUT2D eigenvalue weighted by molar-refractivity contribution is 0.0954. The number of halogens is 1. The fourth-order valence-electron chi connectivity index (χ4n) is 2.39. The van der Waals surface area contributed by atoms with Gasteiger partial charge in [-0.3, -0.25) is 4.79 Å². The summed E-state index contributed by atoms with van der Waals surface area (Å²) in [7, 11) is 1.74. The third-order valence-corrected chi connectivity index (χ3v) is 3.59. The van der Waals surface area contributed by atoms with Gasteiger partial charge < -0.3 is 5.32 Å². The Labute approximate surface area is 138 Å². The highest BCUT2D eigenvalue weighted by Gasteiger charge is 2.10. The third kappa shape index (κ3) is 3.62. The van der Waals surface area contributed by atoms with Gasteiger partial charge in [0, 0.05) is 24.7 Å². The molecular formula is C17H16FN5O. The normalized spacial score (nSPS) is 10.6. The summed E-state index contributed by atoms with van der Waals surface area (Å²) in [5.74, 6) is 0.122. The van der Waals surface area contributed by atoms with Crippen LogP contribution in [0.1, 0.15) is 15.9 Å². The van der Waals surface area contributed by atoms with Crippen LogP contribution in [0.3, 0.4) is 0 Å². The standard InChI is InChI=1S/C17H16FN5O/c1-23-16(20-21-22-23)13-5-3-6-14(11-13)17(24)19-9-8-12-4-2-7-15(18)10-12/h2-7,10-11H,8-9H2,1H3,(H,19,24). The van der Waals surface area contributed by atoms with Crippen molar-refractivity contribution in [3.05, 3.63) is 65.5 Å². The Kier molecular flexibility index (Phi) is 4.60. The Balaban J connectivity index is 1.64. The number of benzene rings is 2. The van der Waals surface area contributed by atoms with Gasteiger partial charge in [-0.2, -0.15) is 0 Å². The Hall–Kier alpha value is -3.09. The van der Waals surface area contributed by atoms with E-state index in [-0.39, 0.29) is 11.7 Å². The van der Waals surface area contributed by atoms with E-state index in [9.17, 15) is 9.18 Å². The van der Waals surface area contributed by atoms with Gasteiger partial charge in [-0.25, -0.2) is 9.07 Å². The SMILES string of the molecule is Cn1nnnc1-c1cccc(C(=O)NCCc2cccc(F)c2)c1. The van der Waals surface area contributed by atoms with E-state index in [1.165, 1.54) is 12.1 Å². The number of hydrogen-bond donors (Lipinski definition) is 1. The predicted molar refractivity (Wildman–Crippen MR) is 86.7 cm³/mol. The smallest absolute Gasteiger partial charge is 0.251 e. The van der Waals surface area contributed by atoms with E-state index in [1.807, 2.05) is 12.1 Å². The Morgan fingerprint density at radius 3 is 2.79 bits per heavy atom. The number of aryl methyl sites for hydroxylation is 1. The summed E-state index contributed by atoms with van der Waals surface area (Å²) in [6.07, 6.45) is 0.566. The van der Waals surface area contributed by atoms with Gasteiger partial charge in [0.1, 0.15) is 5.82 Å². The molecule has 0 bridgehead atoms. The lowest BCUT2D eigenvalue weighted by Crippen LogP contribution is -2.25. The van der Waals surface area contributed by atoms with E-state index in [0.717, 1.165) is 11.1 Å². The maximum Gasteiger partial charge on any atom is 0.251 e. The molecule has 1 aromatic heterocycles. The van der Waals surface area contributed by atoms with E-state index in [4.69, 9.17) is 0 Å². The molecule has 0 spiro atoms. The van der Waals surface area contributed by atoms with Gasteiger partial charge in [-0.1, -0.05) is 24.3 Å². The fraction of sp³-hybridized carbons (Fsp3) is 0.176. The number of rotatable bonds is 5. The number of nitrogens with zero attached hydrogens (tertiary/aromatic N) is 4. The van der Waals surface area contributed by atoms with Crippen molar-refractivity contribution in [3.63, 3.8) is 0 Å². The highest BCUT2D eigenvalue weighted by molar-refractivity contribution is 5.95. The van der Waals surface area contributed by atoms with Gasteiger partial charge in [0.15, 0.2) is 5.82 Å². The second-order valence-electron chi connectivity index (χ2n) is 5.34. The van der Waals surface area contributed by atoms with Crippen LogP contribution in [-0.2, 0) is 13.5 Å². The number of nitrogens with one attached hydrogen (secondary N) is 1. The first-order valence-electron chi connectivity index (χ1n) is 7.49. The van der Waals surface area contributed by atoms with E-state index in [0.29, 0.717) is 24.4 Å². The molecule has 6 nitrogen and oxygen atoms in total. The number of hydrogen-bond acceptors (Lipinski definition) is 4. The zero-order valence-corrected chi connectivity index (χ0v) is 13.1. The molecular weight excluding hydrogens is 309 g/mol. The average Bonchev–Trinajstić information content (AvgIpc) is 3.01. The second-order valence-corrected chi connectivity index (χ2v) is 5.34. The highest BCUT2D eigenvalue weighted by Crippen LogP contribution is 2.16. The van der Waals surface area contributed by atoms with Gasteiger partial charge >= 0.3 is 0 Å². The lowest BCUT2D eigenvalue weighted by atomic mass is 10.1. The van der Waals surface area contributed by atoms with Crippen molar-refractivity contribution in [3.8, 4) is 11.4 Å². The Morgan fingerprint density at radius 2 is 2.04 bits per heavy atom. The first kappa shape index (κ1) is 15.8. The third-order valence-electron chi connectivity index (χ3n) is 3.59. The van der Waals surface area contributed by atoms with Crippen LogP contribution in [0.25, 0.3) is 11.4 Å². The lowest BCUT2D eigenvalue weighted by Gasteiger charge is -2.07. The summed E-state index contributed by atoms with van der Waals surface area (Å²) in [6, 6.07) is 13.4. The van der Waals surface area contributed by atoms with E-state index in [1.54, 1.807) is 36.0 Å². The van der Waals surface area contributed by atoms with Crippen LogP contribution in [0.4, 0.5) is 4.39 Å². The molecule has 0 atom stereocenters. The minimum absolute atomic E-state index is 0.191. The molecule has 0 unspecified atom stereocenters. The molecule has 3 rings (SSSR count). The first-order valence-corrected chi connectivity index (χ1v) is 7.49. The molecule has 0 saturated heterocycles. The Morgan fingerprint density at radius 1 is 1.21 bits per heavy atom. The van der Waals surface area contributed by atoms with Crippen LogP contribution in [0.2, 0.25) is 0 Å². The number of amides is 1. The number of carbonyl (C=O) groups is 1. The van der Waals surface area contributed by atoms with Crippen LogP contribution in [0, 0.1) is 5.82 Å². The van der Waals surface area contributed by atoms with E-state index < -0.39 is 0 Å². The fourth-order valence-corrected chi connectivity index (χ4v) is 2.39. The molecule has 0 saturated carbocycles. The summed E-state index contributed by atoms with van der Waals surface area (Å²) >= 11 is 0. The Bertz CT molecular complexity index is 861. The maximum atomic E-state index is 13.1.